The average molecular weight is 375 g/mol. The quantitative estimate of drug-likeness (QED) is 0.516. The van der Waals surface area contributed by atoms with E-state index in [1.54, 1.807) is 28.1 Å². The highest BCUT2D eigenvalue weighted by atomic mass is 16.1. The molecule has 4 aromatic rings. The number of aryl methyl sites for hydroxylation is 2. The Kier molecular flexibility index (Phi) is 4.84. The first-order valence-electron chi connectivity index (χ1n) is 9.19. The topological polar surface area (TPSA) is 83.4 Å². The van der Waals surface area contributed by atoms with Crippen molar-refractivity contribution in [2.45, 2.75) is 26.3 Å². The smallest absolute Gasteiger partial charge is 0.203 e. The van der Waals surface area contributed by atoms with Gasteiger partial charge in [-0.1, -0.05) is 25.1 Å². The summed E-state index contributed by atoms with van der Waals surface area (Å²) in [6.07, 6.45) is 8.40. The molecule has 0 spiro atoms. The molecule has 0 saturated carbocycles. The summed E-state index contributed by atoms with van der Waals surface area (Å²) < 4.78 is 5.21. The van der Waals surface area contributed by atoms with E-state index in [-0.39, 0.29) is 5.43 Å². The highest BCUT2D eigenvalue weighted by Crippen LogP contribution is 2.17. The van der Waals surface area contributed by atoms with Crippen LogP contribution in [0.2, 0.25) is 0 Å². The van der Waals surface area contributed by atoms with E-state index < -0.39 is 0 Å². The predicted octanol–water partition coefficient (Wildman–Crippen LogP) is 2.23. The zero-order chi connectivity index (χ0) is 19.5. The van der Waals surface area contributed by atoms with Crippen molar-refractivity contribution in [3.63, 3.8) is 0 Å². The van der Waals surface area contributed by atoms with Gasteiger partial charge < -0.3 is 0 Å². The third kappa shape index (κ3) is 3.75. The van der Waals surface area contributed by atoms with Crippen LogP contribution in [0.1, 0.15) is 24.6 Å². The second-order valence-electron chi connectivity index (χ2n) is 6.65. The van der Waals surface area contributed by atoms with Crippen molar-refractivity contribution in [3.05, 3.63) is 76.7 Å². The summed E-state index contributed by atoms with van der Waals surface area (Å²) in [5.41, 5.74) is 3.11. The average Bonchev–Trinajstić information content (AvgIpc) is 3.33. The van der Waals surface area contributed by atoms with E-state index in [1.165, 1.54) is 6.07 Å². The fourth-order valence-corrected chi connectivity index (χ4v) is 3.02. The van der Waals surface area contributed by atoms with Crippen LogP contribution < -0.4 is 5.43 Å². The predicted molar refractivity (Wildman–Crippen MR) is 105 cm³/mol. The molecule has 0 aliphatic heterocycles. The van der Waals surface area contributed by atoms with Gasteiger partial charge in [0, 0.05) is 37.8 Å². The maximum absolute atomic E-state index is 12.3. The Balaban J connectivity index is 1.61. The summed E-state index contributed by atoms with van der Waals surface area (Å²) in [6.45, 7) is 2.95. The molecule has 1 aromatic carbocycles. The molecule has 8 nitrogen and oxygen atoms in total. The molecule has 3 aromatic heterocycles. The lowest BCUT2D eigenvalue weighted by Crippen LogP contribution is -2.16. The first-order chi connectivity index (χ1) is 13.6. The van der Waals surface area contributed by atoms with Crippen LogP contribution in [0.25, 0.3) is 17.1 Å². The maximum Gasteiger partial charge on any atom is 0.203 e. The van der Waals surface area contributed by atoms with Crippen LogP contribution in [0.15, 0.2) is 60.0 Å². The van der Waals surface area contributed by atoms with Gasteiger partial charge in [0.05, 0.1) is 12.4 Å². The summed E-state index contributed by atoms with van der Waals surface area (Å²) in [6, 6.07) is 9.45. The molecule has 0 atom stereocenters. The summed E-state index contributed by atoms with van der Waals surface area (Å²) in [5.74, 6) is 0.684. The van der Waals surface area contributed by atoms with E-state index >= 15 is 0 Å². The fraction of sp³-hybridized carbons (Fsp3) is 0.250. The minimum atomic E-state index is -0.0871. The molecule has 0 amide bonds. The molecular formula is C20H21N7O. The molecule has 0 aliphatic carbocycles. The van der Waals surface area contributed by atoms with Crippen LogP contribution in [0, 0.1) is 0 Å². The summed E-state index contributed by atoms with van der Waals surface area (Å²) in [4.78, 5) is 16.7. The monoisotopic (exact) mass is 375 g/mol. The zero-order valence-corrected chi connectivity index (χ0v) is 15.9. The highest BCUT2D eigenvalue weighted by Gasteiger charge is 2.09. The van der Waals surface area contributed by atoms with Gasteiger partial charge in [0.1, 0.15) is 17.7 Å². The fourth-order valence-electron chi connectivity index (χ4n) is 3.02. The van der Waals surface area contributed by atoms with E-state index in [0.717, 1.165) is 29.8 Å². The van der Waals surface area contributed by atoms with E-state index in [1.807, 2.05) is 42.2 Å². The van der Waals surface area contributed by atoms with E-state index in [4.69, 9.17) is 0 Å². The third-order valence-corrected chi connectivity index (χ3v) is 4.38. The molecule has 8 heteroatoms. The van der Waals surface area contributed by atoms with Gasteiger partial charge in [-0.05, 0) is 18.1 Å². The second-order valence-corrected chi connectivity index (χ2v) is 6.65. The van der Waals surface area contributed by atoms with Crippen molar-refractivity contribution >= 4 is 0 Å². The summed E-state index contributed by atoms with van der Waals surface area (Å²) in [5, 5.41) is 13.2. The van der Waals surface area contributed by atoms with Gasteiger partial charge in [-0.2, -0.15) is 15.3 Å². The normalized spacial score (nSPS) is 11.1. The SMILES string of the molecule is CCCn1cnc(-c2cccc(Cc3nn(-c4cnn(C)c4)ccc3=O)c2)n1. The number of nitrogens with zero attached hydrogens (tertiary/aromatic N) is 7. The van der Waals surface area contributed by atoms with E-state index in [9.17, 15) is 4.79 Å². The van der Waals surface area contributed by atoms with Crippen LogP contribution in [0.4, 0.5) is 0 Å². The lowest BCUT2D eigenvalue weighted by atomic mass is 10.1. The largest absolute Gasteiger partial charge is 0.288 e. The van der Waals surface area contributed by atoms with Gasteiger partial charge in [0.25, 0.3) is 0 Å². The number of aromatic nitrogens is 7. The van der Waals surface area contributed by atoms with Crippen molar-refractivity contribution in [1.82, 2.24) is 34.3 Å². The first-order valence-corrected chi connectivity index (χ1v) is 9.19. The maximum atomic E-state index is 12.3. The minimum Gasteiger partial charge on any atom is -0.288 e. The van der Waals surface area contributed by atoms with Gasteiger partial charge in [0.15, 0.2) is 5.82 Å². The van der Waals surface area contributed by atoms with Gasteiger partial charge in [-0.3, -0.25) is 14.2 Å². The lowest BCUT2D eigenvalue weighted by molar-refractivity contribution is 0.602. The number of benzene rings is 1. The van der Waals surface area contributed by atoms with Crippen LogP contribution in [-0.2, 0) is 20.0 Å². The van der Waals surface area contributed by atoms with Crippen molar-refractivity contribution in [2.24, 2.45) is 7.05 Å². The Bertz CT molecular complexity index is 1160. The van der Waals surface area contributed by atoms with Crippen LogP contribution in [0.5, 0.6) is 0 Å². The Morgan fingerprint density at radius 3 is 2.82 bits per heavy atom. The molecule has 0 saturated heterocycles. The van der Waals surface area contributed by atoms with E-state index in [2.05, 4.69) is 27.2 Å². The highest BCUT2D eigenvalue weighted by molar-refractivity contribution is 5.55. The van der Waals surface area contributed by atoms with Crippen molar-refractivity contribution < 1.29 is 0 Å². The lowest BCUT2D eigenvalue weighted by Gasteiger charge is -2.06. The summed E-state index contributed by atoms with van der Waals surface area (Å²) in [7, 11) is 1.84. The summed E-state index contributed by atoms with van der Waals surface area (Å²) >= 11 is 0. The Morgan fingerprint density at radius 1 is 1.14 bits per heavy atom. The van der Waals surface area contributed by atoms with Gasteiger partial charge in [-0.15, -0.1) is 0 Å². The number of hydrogen-bond donors (Lipinski definition) is 0. The molecule has 28 heavy (non-hydrogen) atoms. The number of hydrogen-bond acceptors (Lipinski definition) is 5. The Labute approximate surface area is 162 Å². The van der Waals surface area contributed by atoms with Crippen LogP contribution >= 0.6 is 0 Å². The first kappa shape index (κ1) is 17.8. The standard InChI is InChI=1S/C20H21N7O/c1-3-8-26-14-21-20(24-26)16-6-4-5-15(10-16)11-18-19(28)7-9-27(23-18)17-12-22-25(2)13-17/h4-7,9-10,12-14H,3,8,11H2,1-2H3. The zero-order valence-electron chi connectivity index (χ0n) is 15.9. The third-order valence-electron chi connectivity index (χ3n) is 4.38. The molecule has 0 bridgehead atoms. The molecule has 4 rings (SSSR count). The van der Waals surface area contributed by atoms with Gasteiger partial charge in [-0.25, -0.2) is 9.67 Å². The van der Waals surface area contributed by atoms with Crippen molar-refractivity contribution in [1.29, 1.82) is 0 Å². The molecule has 0 N–H and O–H groups in total. The molecule has 3 heterocycles. The Hall–Kier alpha value is -3.55. The van der Waals surface area contributed by atoms with Crippen molar-refractivity contribution in [2.75, 3.05) is 0 Å². The number of rotatable bonds is 6. The molecule has 0 radical (unpaired) electrons. The molecule has 0 aliphatic rings. The minimum absolute atomic E-state index is 0.0871. The molecular weight excluding hydrogens is 354 g/mol. The van der Waals surface area contributed by atoms with Crippen LogP contribution in [-0.4, -0.2) is 34.3 Å². The van der Waals surface area contributed by atoms with Gasteiger partial charge >= 0.3 is 0 Å². The second kappa shape index (κ2) is 7.59. The van der Waals surface area contributed by atoms with E-state index in [0.29, 0.717) is 17.9 Å². The van der Waals surface area contributed by atoms with Gasteiger partial charge in [0.2, 0.25) is 5.43 Å². The van der Waals surface area contributed by atoms with Crippen LogP contribution in [0.3, 0.4) is 0 Å². The molecule has 0 unspecified atom stereocenters. The van der Waals surface area contributed by atoms with Crippen molar-refractivity contribution in [3.8, 4) is 17.1 Å². The molecule has 0 fully saturated rings. The molecule has 142 valence electrons. The Morgan fingerprint density at radius 2 is 2.04 bits per heavy atom.